The Morgan fingerprint density at radius 3 is 1.47 bits per heavy atom. The molecule has 0 fully saturated rings. The first kappa shape index (κ1) is 33.3. The fraction of sp³-hybridized carbons (Fsp3) is 0.0385. The lowest BCUT2D eigenvalue weighted by Crippen LogP contribution is -2.22. The topological polar surface area (TPSA) is 32.8 Å². The molecule has 9 aromatic carbocycles. The quantitative estimate of drug-likeness (QED) is 0.120. The van der Waals surface area contributed by atoms with Crippen molar-refractivity contribution in [3.05, 3.63) is 188 Å². The standard InChI is InChI=1S/C52H38N2O2Si/c1-57(2)40-26-21-36(22-27-40)53(34-13-5-3-6-14-34)38-25-30-46-50(33-38)56-52-45-29-24-37(31-47(45)41-17-9-10-19-44(41)51(46)52)54(35-15-7-4-8-16-35)39-23-28-43-42-18-11-12-20-48(42)55-49(43)32-39/h3-33,57H,1-2H3. The first-order chi connectivity index (χ1) is 28.1. The molecule has 0 unspecified atom stereocenters. The van der Waals surface area contributed by atoms with Gasteiger partial charge in [-0.1, -0.05) is 109 Å². The molecule has 0 spiro atoms. The molecule has 0 N–H and O–H groups in total. The molecule has 0 saturated heterocycles. The number of furan rings is 2. The SMILES string of the molecule is C[SiH](C)c1ccc(N(c2ccccc2)c2ccc3c(c2)oc2c4ccc(N(c5ccccc5)c5ccc6c(c5)oc5ccccc56)cc4c4ccccc4c32)cc1. The number of rotatable bonds is 7. The molecule has 0 bridgehead atoms. The Hall–Kier alpha value is -7.08. The maximum atomic E-state index is 6.99. The van der Waals surface area contributed by atoms with Crippen LogP contribution in [0, 0.1) is 0 Å². The number of anilines is 6. The molecule has 0 saturated carbocycles. The third kappa shape index (κ3) is 5.50. The first-order valence-electron chi connectivity index (χ1n) is 19.6. The van der Waals surface area contributed by atoms with Crippen LogP contribution in [-0.2, 0) is 0 Å². The average molecular weight is 751 g/mol. The highest BCUT2D eigenvalue weighted by atomic mass is 28.3. The van der Waals surface area contributed by atoms with E-state index in [1.807, 2.05) is 12.1 Å². The zero-order valence-corrected chi connectivity index (χ0v) is 32.8. The van der Waals surface area contributed by atoms with Gasteiger partial charge >= 0.3 is 0 Å². The molecule has 11 rings (SSSR count). The number of nitrogens with zero attached hydrogens (tertiary/aromatic N) is 2. The maximum Gasteiger partial charge on any atom is 0.143 e. The van der Waals surface area contributed by atoms with E-state index in [0.29, 0.717) is 0 Å². The van der Waals surface area contributed by atoms with Gasteiger partial charge in [-0.05, 0) is 101 Å². The highest BCUT2D eigenvalue weighted by Gasteiger charge is 2.21. The second-order valence-electron chi connectivity index (χ2n) is 15.1. The Balaban J connectivity index is 1.09. The Morgan fingerprint density at radius 2 is 0.807 bits per heavy atom. The monoisotopic (exact) mass is 750 g/mol. The van der Waals surface area contributed by atoms with E-state index in [1.165, 1.54) is 16.0 Å². The largest absolute Gasteiger partial charge is 0.456 e. The van der Waals surface area contributed by atoms with Gasteiger partial charge in [0.1, 0.15) is 22.3 Å². The molecule has 0 aliphatic heterocycles. The van der Waals surface area contributed by atoms with Gasteiger partial charge in [-0.15, -0.1) is 0 Å². The van der Waals surface area contributed by atoms with Gasteiger partial charge in [-0.2, -0.15) is 0 Å². The molecule has 0 aliphatic carbocycles. The summed E-state index contributed by atoms with van der Waals surface area (Å²) >= 11 is 0. The van der Waals surface area contributed by atoms with Crippen LogP contribution in [0.15, 0.2) is 197 Å². The highest BCUT2D eigenvalue weighted by molar-refractivity contribution is 6.70. The van der Waals surface area contributed by atoms with E-state index >= 15 is 0 Å². The van der Waals surface area contributed by atoms with Crippen LogP contribution >= 0.6 is 0 Å². The summed E-state index contributed by atoms with van der Waals surface area (Å²) in [6.45, 7) is 4.74. The second-order valence-corrected chi connectivity index (χ2v) is 18.1. The van der Waals surface area contributed by atoms with Crippen molar-refractivity contribution in [2.45, 2.75) is 13.1 Å². The minimum Gasteiger partial charge on any atom is -0.456 e. The number of fused-ring (bicyclic) bond motifs is 11. The van der Waals surface area contributed by atoms with Crippen LogP contribution in [0.25, 0.3) is 65.4 Å². The molecule has 272 valence electrons. The molecule has 0 atom stereocenters. The van der Waals surface area contributed by atoms with E-state index in [0.717, 1.165) is 88.8 Å². The van der Waals surface area contributed by atoms with E-state index in [-0.39, 0.29) is 0 Å². The minimum atomic E-state index is -0.917. The highest BCUT2D eigenvalue weighted by Crippen LogP contribution is 2.46. The van der Waals surface area contributed by atoms with E-state index in [4.69, 9.17) is 8.83 Å². The van der Waals surface area contributed by atoms with Gasteiger partial charge in [-0.25, -0.2) is 0 Å². The van der Waals surface area contributed by atoms with Crippen molar-refractivity contribution in [2.75, 3.05) is 9.80 Å². The molecular weight excluding hydrogens is 713 g/mol. The van der Waals surface area contributed by atoms with E-state index in [1.54, 1.807) is 0 Å². The van der Waals surface area contributed by atoms with Crippen LogP contribution < -0.4 is 15.0 Å². The van der Waals surface area contributed by atoms with Crippen molar-refractivity contribution in [2.24, 2.45) is 0 Å². The zero-order chi connectivity index (χ0) is 38.0. The van der Waals surface area contributed by atoms with Crippen LogP contribution in [0.5, 0.6) is 0 Å². The summed E-state index contributed by atoms with van der Waals surface area (Å²) in [5.41, 5.74) is 9.95. The lowest BCUT2D eigenvalue weighted by atomic mass is 9.96. The summed E-state index contributed by atoms with van der Waals surface area (Å²) in [6.07, 6.45) is 0. The van der Waals surface area contributed by atoms with Gasteiger partial charge in [0.05, 0.1) is 8.80 Å². The lowest BCUT2D eigenvalue weighted by molar-refractivity contribution is 0.669. The number of para-hydroxylation sites is 3. The summed E-state index contributed by atoms with van der Waals surface area (Å²) < 4.78 is 13.4. The third-order valence-electron chi connectivity index (χ3n) is 11.4. The van der Waals surface area contributed by atoms with Crippen molar-refractivity contribution in [3.8, 4) is 0 Å². The van der Waals surface area contributed by atoms with Gasteiger partial charge in [-0.3, -0.25) is 0 Å². The number of hydrogen-bond donors (Lipinski definition) is 0. The molecule has 2 heterocycles. The summed E-state index contributed by atoms with van der Waals surface area (Å²) in [6, 6.07) is 67.2. The van der Waals surface area contributed by atoms with Crippen molar-refractivity contribution >= 4 is 114 Å². The van der Waals surface area contributed by atoms with Crippen LogP contribution in [-0.4, -0.2) is 8.80 Å². The van der Waals surface area contributed by atoms with Crippen LogP contribution in [0.3, 0.4) is 0 Å². The lowest BCUT2D eigenvalue weighted by Gasteiger charge is -2.26. The molecule has 4 nitrogen and oxygen atoms in total. The van der Waals surface area contributed by atoms with Crippen LogP contribution in [0.4, 0.5) is 34.1 Å². The smallest absolute Gasteiger partial charge is 0.143 e. The average Bonchev–Trinajstić information content (AvgIpc) is 3.83. The van der Waals surface area contributed by atoms with Crippen molar-refractivity contribution in [1.29, 1.82) is 0 Å². The van der Waals surface area contributed by atoms with Crippen molar-refractivity contribution in [1.82, 2.24) is 0 Å². The maximum absolute atomic E-state index is 6.99. The molecule has 0 aliphatic rings. The Morgan fingerprint density at radius 1 is 0.333 bits per heavy atom. The summed E-state index contributed by atoms with van der Waals surface area (Å²) in [5, 5.41) is 10.5. The van der Waals surface area contributed by atoms with Crippen molar-refractivity contribution in [3.63, 3.8) is 0 Å². The van der Waals surface area contributed by atoms with Crippen LogP contribution in [0.2, 0.25) is 13.1 Å². The van der Waals surface area contributed by atoms with Crippen LogP contribution in [0.1, 0.15) is 0 Å². The fourth-order valence-electron chi connectivity index (χ4n) is 8.62. The number of hydrogen-bond acceptors (Lipinski definition) is 4. The van der Waals surface area contributed by atoms with Gasteiger partial charge in [0.2, 0.25) is 0 Å². The van der Waals surface area contributed by atoms with E-state index < -0.39 is 8.80 Å². The van der Waals surface area contributed by atoms with Crippen molar-refractivity contribution < 1.29 is 8.83 Å². The van der Waals surface area contributed by atoms with E-state index in [9.17, 15) is 0 Å². The normalized spacial score (nSPS) is 11.8. The molecule has 11 aromatic rings. The van der Waals surface area contributed by atoms with Gasteiger partial charge in [0.25, 0.3) is 0 Å². The zero-order valence-electron chi connectivity index (χ0n) is 31.7. The molecule has 5 heteroatoms. The van der Waals surface area contributed by atoms with Gasteiger partial charge in [0.15, 0.2) is 0 Å². The minimum absolute atomic E-state index is 0.862. The third-order valence-corrected chi connectivity index (χ3v) is 13.1. The summed E-state index contributed by atoms with van der Waals surface area (Å²) in [4.78, 5) is 4.63. The molecule has 57 heavy (non-hydrogen) atoms. The summed E-state index contributed by atoms with van der Waals surface area (Å²) in [7, 11) is -0.917. The number of benzene rings is 9. The van der Waals surface area contributed by atoms with Gasteiger partial charge < -0.3 is 18.6 Å². The van der Waals surface area contributed by atoms with E-state index in [2.05, 4.69) is 199 Å². The fourth-order valence-corrected chi connectivity index (χ4v) is 9.58. The first-order valence-corrected chi connectivity index (χ1v) is 22.5. The second kappa shape index (κ2) is 13.3. The summed E-state index contributed by atoms with van der Waals surface area (Å²) in [5.74, 6) is 0. The molecule has 2 aromatic heterocycles. The Bertz CT molecular complexity index is 3280. The molecular formula is C52H38N2O2Si. The molecule has 0 amide bonds. The van der Waals surface area contributed by atoms with Gasteiger partial charge in [0, 0.05) is 73.2 Å². The Kier molecular flexibility index (Phi) is 7.76. The molecule has 0 radical (unpaired) electrons. The predicted molar refractivity (Wildman–Crippen MR) is 244 cm³/mol. The predicted octanol–water partition coefficient (Wildman–Crippen LogP) is 14.4. The Labute approximate surface area is 332 Å².